The van der Waals surface area contributed by atoms with Gasteiger partial charge in [-0.2, -0.15) is 0 Å². The van der Waals surface area contributed by atoms with Crippen molar-refractivity contribution in [1.82, 2.24) is 5.32 Å². The number of thiol groups is 1. The summed E-state index contributed by atoms with van der Waals surface area (Å²) in [6.07, 6.45) is 4.38. The zero-order chi connectivity index (χ0) is 14.0. The first-order valence-electron chi connectivity index (χ1n) is 6.67. The predicted molar refractivity (Wildman–Crippen MR) is 82.2 cm³/mol. The molecule has 19 heavy (non-hydrogen) atoms. The van der Waals surface area contributed by atoms with E-state index >= 15 is 0 Å². The molecule has 2 nitrogen and oxygen atoms in total. The van der Waals surface area contributed by atoms with Gasteiger partial charge < -0.3 is 5.32 Å². The molecule has 0 unspecified atom stereocenters. The molecule has 1 amide bonds. The summed E-state index contributed by atoms with van der Waals surface area (Å²) in [7, 11) is 0. The lowest BCUT2D eigenvalue weighted by Crippen LogP contribution is -2.39. The van der Waals surface area contributed by atoms with Gasteiger partial charge in [0.1, 0.15) is 0 Å². The maximum Gasteiger partial charge on any atom is 0.253 e. The Kier molecular flexibility index (Phi) is 4.46. The van der Waals surface area contributed by atoms with Gasteiger partial charge in [-0.15, -0.1) is 12.6 Å². The van der Waals surface area contributed by atoms with E-state index in [1.54, 1.807) is 18.2 Å². The molecule has 1 aliphatic carbocycles. The van der Waals surface area contributed by atoms with Crippen LogP contribution in [0.15, 0.2) is 23.1 Å². The molecule has 1 aromatic rings. The third-order valence-electron chi connectivity index (χ3n) is 3.87. The van der Waals surface area contributed by atoms with Gasteiger partial charge in [-0.3, -0.25) is 4.79 Å². The molecule has 0 aliphatic heterocycles. The Morgan fingerprint density at radius 2 is 2.00 bits per heavy atom. The monoisotopic (exact) mass is 297 g/mol. The number of amides is 1. The van der Waals surface area contributed by atoms with Crippen LogP contribution >= 0.6 is 24.2 Å². The Morgan fingerprint density at radius 1 is 1.37 bits per heavy atom. The minimum absolute atomic E-state index is 0.0920. The summed E-state index contributed by atoms with van der Waals surface area (Å²) >= 11 is 10.3. The van der Waals surface area contributed by atoms with Gasteiger partial charge in [0.15, 0.2) is 0 Å². The summed E-state index contributed by atoms with van der Waals surface area (Å²) < 4.78 is 0. The SMILES string of the molecule is CC1(C)CCC(NC(=O)c2cc(S)ccc2Cl)CC1. The van der Waals surface area contributed by atoms with Crippen LogP contribution in [0.3, 0.4) is 0 Å². The summed E-state index contributed by atoms with van der Waals surface area (Å²) in [6.45, 7) is 4.57. The number of hydrogen-bond acceptors (Lipinski definition) is 2. The van der Waals surface area contributed by atoms with Gasteiger partial charge in [-0.25, -0.2) is 0 Å². The Balaban J connectivity index is 2.00. The van der Waals surface area contributed by atoms with Gasteiger partial charge in [-0.05, 0) is 49.3 Å². The van der Waals surface area contributed by atoms with Crippen LogP contribution < -0.4 is 5.32 Å². The van der Waals surface area contributed by atoms with E-state index in [1.807, 2.05) is 0 Å². The molecular weight excluding hydrogens is 278 g/mol. The van der Waals surface area contributed by atoms with Gasteiger partial charge in [0.05, 0.1) is 10.6 Å². The highest BCUT2D eigenvalue weighted by molar-refractivity contribution is 7.80. The normalized spacial score (nSPS) is 19.2. The van der Waals surface area contributed by atoms with E-state index in [9.17, 15) is 4.79 Å². The highest BCUT2D eigenvalue weighted by Gasteiger charge is 2.28. The number of carbonyl (C=O) groups is 1. The van der Waals surface area contributed by atoms with Crippen LogP contribution in [0.2, 0.25) is 5.02 Å². The summed E-state index contributed by atoms with van der Waals surface area (Å²) in [6, 6.07) is 5.47. The predicted octanol–water partition coefficient (Wildman–Crippen LogP) is 4.33. The Labute approximate surface area is 125 Å². The Bertz CT molecular complexity index is 477. The second-order valence-corrected chi connectivity index (χ2v) is 7.00. The molecule has 0 bridgehead atoms. The Hall–Kier alpha value is -0.670. The molecule has 0 radical (unpaired) electrons. The van der Waals surface area contributed by atoms with Crippen LogP contribution in [0.5, 0.6) is 0 Å². The van der Waals surface area contributed by atoms with Crippen molar-refractivity contribution in [3.05, 3.63) is 28.8 Å². The fraction of sp³-hybridized carbons (Fsp3) is 0.533. The van der Waals surface area contributed by atoms with Crippen molar-refractivity contribution in [3.63, 3.8) is 0 Å². The topological polar surface area (TPSA) is 29.1 Å². The second-order valence-electron chi connectivity index (χ2n) is 6.08. The van der Waals surface area contributed by atoms with Crippen molar-refractivity contribution in [1.29, 1.82) is 0 Å². The first-order valence-corrected chi connectivity index (χ1v) is 7.49. The van der Waals surface area contributed by atoms with E-state index in [0.717, 1.165) is 30.6 Å². The van der Waals surface area contributed by atoms with Gasteiger partial charge >= 0.3 is 0 Å². The highest BCUT2D eigenvalue weighted by Crippen LogP contribution is 2.35. The second kappa shape index (κ2) is 5.76. The molecule has 1 N–H and O–H groups in total. The quantitative estimate of drug-likeness (QED) is 0.782. The largest absolute Gasteiger partial charge is 0.349 e. The smallest absolute Gasteiger partial charge is 0.253 e. The average Bonchev–Trinajstić information content (AvgIpc) is 2.35. The molecule has 0 spiro atoms. The first-order chi connectivity index (χ1) is 8.87. The lowest BCUT2D eigenvalue weighted by Gasteiger charge is -2.34. The van der Waals surface area contributed by atoms with Gasteiger partial charge in [0, 0.05) is 10.9 Å². The maximum absolute atomic E-state index is 12.2. The fourth-order valence-electron chi connectivity index (χ4n) is 2.49. The molecule has 0 heterocycles. The zero-order valence-electron chi connectivity index (χ0n) is 11.4. The van der Waals surface area contributed by atoms with E-state index in [4.69, 9.17) is 11.6 Å². The van der Waals surface area contributed by atoms with Crippen molar-refractivity contribution < 1.29 is 4.79 Å². The summed E-state index contributed by atoms with van der Waals surface area (Å²) in [4.78, 5) is 13.0. The molecular formula is C15H20ClNOS. The lowest BCUT2D eigenvalue weighted by molar-refractivity contribution is 0.0909. The minimum Gasteiger partial charge on any atom is -0.349 e. The number of hydrogen-bond donors (Lipinski definition) is 2. The van der Waals surface area contributed by atoms with Crippen LogP contribution in [-0.2, 0) is 0 Å². The van der Waals surface area contributed by atoms with Gasteiger partial charge in [-0.1, -0.05) is 25.4 Å². The third-order valence-corrected chi connectivity index (χ3v) is 4.48. The van der Waals surface area contributed by atoms with Crippen LogP contribution in [0.1, 0.15) is 49.9 Å². The summed E-state index contributed by atoms with van der Waals surface area (Å²) in [5.41, 5.74) is 0.920. The molecule has 4 heteroatoms. The number of carbonyl (C=O) groups excluding carboxylic acids is 1. The van der Waals surface area contributed by atoms with Gasteiger partial charge in [0.25, 0.3) is 5.91 Å². The molecule has 1 aromatic carbocycles. The molecule has 1 fully saturated rings. The van der Waals surface area contributed by atoms with Crippen molar-refractivity contribution in [2.75, 3.05) is 0 Å². The average molecular weight is 298 g/mol. The fourth-order valence-corrected chi connectivity index (χ4v) is 2.90. The van der Waals surface area contributed by atoms with E-state index in [-0.39, 0.29) is 11.9 Å². The molecule has 0 aromatic heterocycles. The Morgan fingerprint density at radius 3 is 2.63 bits per heavy atom. The standard InChI is InChI=1S/C15H20ClNOS/c1-15(2)7-5-10(6-8-15)17-14(18)12-9-11(19)3-4-13(12)16/h3-4,9-10,19H,5-8H2,1-2H3,(H,17,18). The van der Waals surface area contributed by atoms with E-state index in [0.29, 0.717) is 16.0 Å². The van der Waals surface area contributed by atoms with E-state index < -0.39 is 0 Å². The number of benzene rings is 1. The summed E-state index contributed by atoms with van der Waals surface area (Å²) in [5.74, 6) is -0.0920. The molecule has 1 saturated carbocycles. The molecule has 0 saturated heterocycles. The zero-order valence-corrected chi connectivity index (χ0v) is 13.0. The van der Waals surface area contributed by atoms with Crippen molar-refractivity contribution in [3.8, 4) is 0 Å². The third kappa shape index (κ3) is 3.90. The van der Waals surface area contributed by atoms with Crippen molar-refractivity contribution >= 4 is 30.1 Å². The van der Waals surface area contributed by atoms with Crippen LogP contribution in [0.4, 0.5) is 0 Å². The van der Waals surface area contributed by atoms with Crippen LogP contribution in [-0.4, -0.2) is 11.9 Å². The molecule has 2 rings (SSSR count). The number of nitrogens with one attached hydrogen (secondary N) is 1. The van der Waals surface area contributed by atoms with Crippen molar-refractivity contribution in [2.24, 2.45) is 5.41 Å². The van der Waals surface area contributed by atoms with Crippen LogP contribution in [0.25, 0.3) is 0 Å². The minimum atomic E-state index is -0.0920. The van der Waals surface area contributed by atoms with Crippen LogP contribution in [0, 0.1) is 5.41 Å². The lowest BCUT2D eigenvalue weighted by atomic mass is 9.75. The van der Waals surface area contributed by atoms with Crippen molar-refractivity contribution in [2.45, 2.75) is 50.5 Å². The number of halogens is 1. The van der Waals surface area contributed by atoms with Gasteiger partial charge in [0.2, 0.25) is 0 Å². The highest BCUT2D eigenvalue weighted by atomic mass is 35.5. The van der Waals surface area contributed by atoms with E-state index in [1.165, 1.54) is 0 Å². The number of rotatable bonds is 2. The molecule has 0 atom stereocenters. The van der Waals surface area contributed by atoms with E-state index in [2.05, 4.69) is 31.8 Å². The molecule has 1 aliphatic rings. The maximum atomic E-state index is 12.2. The first kappa shape index (κ1) is 14.7. The summed E-state index contributed by atoms with van der Waals surface area (Å²) in [5, 5.41) is 3.56. The molecule has 104 valence electrons.